The van der Waals surface area contributed by atoms with Gasteiger partial charge in [-0.3, -0.25) is 5.01 Å². The fourth-order valence-corrected chi connectivity index (χ4v) is 4.99. The lowest BCUT2D eigenvalue weighted by atomic mass is 10.0. The van der Waals surface area contributed by atoms with Crippen LogP contribution in [0.4, 0.5) is 0 Å². The Morgan fingerprint density at radius 1 is 0.862 bits per heavy atom. The van der Waals surface area contributed by atoms with Crippen molar-refractivity contribution >= 4 is 29.4 Å². The lowest BCUT2D eigenvalue weighted by Gasteiger charge is -2.34. The molecule has 0 saturated carbocycles. The van der Waals surface area contributed by atoms with Crippen LogP contribution in [0, 0.1) is 0 Å². The van der Waals surface area contributed by atoms with E-state index in [2.05, 4.69) is 58.6 Å². The largest absolute Gasteiger partial charge is 0.322 e. The zero-order chi connectivity index (χ0) is 19.8. The number of hydrazone groups is 1. The van der Waals surface area contributed by atoms with Crippen LogP contribution in [0.1, 0.15) is 22.7 Å². The summed E-state index contributed by atoms with van der Waals surface area (Å²) < 4.78 is 0. The molecule has 3 aromatic rings. The molecule has 0 spiro atoms. The summed E-state index contributed by atoms with van der Waals surface area (Å²) in [5.74, 6) is 0. The number of halogens is 2. The third kappa shape index (κ3) is 3.55. The Balaban J connectivity index is 1.32. The van der Waals surface area contributed by atoms with Crippen LogP contribution in [0.15, 0.2) is 71.8 Å². The molecule has 0 unspecified atom stereocenters. The van der Waals surface area contributed by atoms with Gasteiger partial charge in [-0.15, -0.1) is 0 Å². The minimum atomic E-state index is 0.416. The van der Waals surface area contributed by atoms with Crippen LogP contribution in [0.3, 0.4) is 0 Å². The molecular formula is C24H22Cl2N3+. The Labute approximate surface area is 181 Å². The van der Waals surface area contributed by atoms with E-state index < -0.39 is 0 Å². The fraction of sp³-hybridized carbons (Fsp3) is 0.208. The Morgan fingerprint density at radius 3 is 2.10 bits per heavy atom. The topological polar surface area (TPSA) is 20.0 Å². The highest BCUT2D eigenvalue weighted by Gasteiger charge is 2.37. The Kier molecular flexibility index (Phi) is 5.04. The predicted octanol–water partition coefficient (Wildman–Crippen LogP) is 4.30. The van der Waals surface area contributed by atoms with Crippen molar-refractivity contribution < 1.29 is 4.90 Å². The highest BCUT2D eigenvalue weighted by Crippen LogP contribution is 2.41. The molecular weight excluding hydrogens is 401 g/mol. The van der Waals surface area contributed by atoms with Gasteiger partial charge in [0, 0.05) is 21.7 Å². The van der Waals surface area contributed by atoms with E-state index in [1.54, 1.807) is 11.0 Å². The predicted molar refractivity (Wildman–Crippen MR) is 120 cm³/mol. The van der Waals surface area contributed by atoms with Gasteiger partial charge in [0.2, 0.25) is 0 Å². The van der Waals surface area contributed by atoms with Crippen molar-refractivity contribution in [3.05, 3.63) is 93.5 Å². The molecule has 1 fully saturated rings. The van der Waals surface area contributed by atoms with Gasteiger partial charge < -0.3 is 4.90 Å². The molecule has 29 heavy (non-hydrogen) atoms. The summed E-state index contributed by atoms with van der Waals surface area (Å²) in [5.41, 5.74) is 6.57. The van der Waals surface area contributed by atoms with Crippen molar-refractivity contribution in [1.29, 1.82) is 0 Å². The minimum absolute atomic E-state index is 0.416. The third-order valence-electron chi connectivity index (χ3n) is 5.95. The van der Waals surface area contributed by atoms with E-state index in [0.717, 1.165) is 31.7 Å². The van der Waals surface area contributed by atoms with E-state index in [9.17, 15) is 0 Å². The number of nitrogens with one attached hydrogen (secondary N) is 1. The molecule has 1 aliphatic carbocycles. The molecule has 1 N–H and O–H groups in total. The summed E-state index contributed by atoms with van der Waals surface area (Å²) in [6.45, 7) is 3.97. The second kappa shape index (κ2) is 7.83. The van der Waals surface area contributed by atoms with Crippen LogP contribution in [-0.4, -0.2) is 37.4 Å². The van der Waals surface area contributed by atoms with Crippen molar-refractivity contribution in [2.45, 2.75) is 6.04 Å². The van der Waals surface area contributed by atoms with Gasteiger partial charge in [0.25, 0.3) is 0 Å². The summed E-state index contributed by atoms with van der Waals surface area (Å²) in [6, 6.07) is 23.6. The van der Waals surface area contributed by atoms with Crippen molar-refractivity contribution in [2.75, 3.05) is 26.2 Å². The van der Waals surface area contributed by atoms with Gasteiger partial charge >= 0.3 is 0 Å². The quantitative estimate of drug-likeness (QED) is 0.623. The van der Waals surface area contributed by atoms with Gasteiger partial charge in [-0.1, -0.05) is 77.8 Å². The molecule has 0 atom stereocenters. The summed E-state index contributed by atoms with van der Waals surface area (Å²) in [6.07, 6.45) is 1.84. The van der Waals surface area contributed by atoms with Crippen LogP contribution in [0.2, 0.25) is 10.0 Å². The molecule has 3 aromatic carbocycles. The first-order valence-electron chi connectivity index (χ1n) is 9.97. The van der Waals surface area contributed by atoms with E-state index in [0.29, 0.717) is 16.1 Å². The minimum Gasteiger partial charge on any atom is -0.322 e. The lowest BCUT2D eigenvalue weighted by Crippen LogP contribution is -3.14. The number of rotatable bonds is 3. The van der Waals surface area contributed by atoms with Gasteiger partial charge in [0.1, 0.15) is 6.04 Å². The van der Waals surface area contributed by atoms with Gasteiger partial charge in [-0.05, 0) is 23.3 Å². The van der Waals surface area contributed by atoms with Crippen molar-refractivity contribution in [3.8, 4) is 11.1 Å². The Bertz CT molecular complexity index is 1030. The zero-order valence-electron chi connectivity index (χ0n) is 16.0. The summed E-state index contributed by atoms with van der Waals surface area (Å²) >= 11 is 12.2. The maximum atomic E-state index is 6.25. The van der Waals surface area contributed by atoms with E-state index >= 15 is 0 Å². The van der Waals surface area contributed by atoms with Crippen LogP contribution < -0.4 is 4.90 Å². The molecule has 146 valence electrons. The number of quaternary nitrogens is 1. The first kappa shape index (κ1) is 18.7. The summed E-state index contributed by atoms with van der Waals surface area (Å²) in [7, 11) is 0. The van der Waals surface area contributed by atoms with Crippen molar-refractivity contribution in [1.82, 2.24) is 5.01 Å². The number of fused-ring (bicyclic) bond motifs is 3. The molecule has 1 saturated heterocycles. The van der Waals surface area contributed by atoms with Gasteiger partial charge in [-0.25, -0.2) is 0 Å². The number of benzene rings is 3. The van der Waals surface area contributed by atoms with Crippen LogP contribution in [0.5, 0.6) is 0 Å². The molecule has 1 aliphatic heterocycles. The molecule has 0 amide bonds. The SMILES string of the molecule is Clc1ccc(/C=N/N2CC[NH+](C3c4ccccc4-c4ccccc43)CC2)c(Cl)c1. The molecule has 1 heterocycles. The number of hydrogen-bond donors (Lipinski definition) is 1. The second-order valence-electron chi connectivity index (χ2n) is 7.63. The first-order chi connectivity index (χ1) is 14.2. The maximum absolute atomic E-state index is 6.25. The van der Waals surface area contributed by atoms with Crippen molar-refractivity contribution in [3.63, 3.8) is 0 Å². The number of piperazine rings is 1. The molecule has 5 heteroatoms. The molecule has 2 aliphatic rings. The van der Waals surface area contributed by atoms with Crippen LogP contribution in [-0.2, 0) is 0 Å². The highest BCUT2D eigenvalue weighted by molar-refractivity contribution is 6.36. The highest BCUT2D eigenvalue weighted by atomic mass is 35.5. The van der Waals surface area contributed by atoms with Crippen LogP contribution in [0.25, 0.3) is 11.1 Å². The monoisotopic (exact) mass is 422 g/mol. The fourth-order valence-electron chi connectivity index (χ4n) is 4.53. The van der Waals surface area contributed by atoms with Gasteiger partial charge in [-0.2, -0.15) is 5.10 Å². The molecule has 0 aromatic heterocycles. The molecule has 0 bridgehead atoms. The second-order valence-corrected chi connectivity index (χ2v) is 8.47. The van der Waals surface area contributed by atoms with E-state index in [-0.39, 0.29) is 0 Å². The first-order valence-corrected chi connectivity index (χ1v) is 10.7. The Morgan fingerprint density at radius 2 is 1.48 bits per heavy atom. The molecule has 0 radical (unpaired) electrons. The van der Waals surface area contributed by atoms with Gasteiger partial charge in [0.05, 0.1) is 37.4 Å². The normalized spacial score (nSPS) is 17.0. The molecule has 5 rings (SSSR count). The average Bonchev–Trinajstić information content (AvgIpc) is 3.08. The maximum Gasteiger partial charge on any atom is 0.140 e. The Hall–Kier alpha value is -2.33. The van der Waals surface area contributed by atoms with E-state index in [1.807, 2.05) is 18.3 Å². The zero-order valence-corrected chi connectivity index (χ0v) is 17.5. The van der Waals surface area contributed by atoms with Crippen LogP contribution >= 0.6 is 23.2 Å². The number of nitrogens with zero attached hydrogens (tertiary/aromatic N) is 2. The summed E-state index contributed by atoms with van der Waals surface area (Å²) in [4.78, 5) is 1.61. The molecule has 3 nitrogen and oxygen atoms in total. The lowest BCUT2D eigenvalue weighted by molar-refractivity contribution is -0.929. The van der Waals surface area contributed by atoms with E-state index in [4.69, 9.17) is 23.2 Å². The third-order valence-corrected chi connectivity index (χ3v) is 6.51. The number of hydrogen-bond acceptors (Lipinski definition) is 2. The smallest absolute Gasteiger partial charge is 0.140 e. The average molecular weight is 423 g/mol. The summed E-state index contributed by atoms with van der Waals surface area (Å²) in [5, 5.41) is 8.07. The van der Waals surface area contributed by atoms with E-state index in [1.165, 1.54) is 22.3 Å². The van der Waals surface area contributed by atoms with Crippen molar-refractivity contribution in [2.24, 2.45) is 5.10 Å². The standard InChI is InChI=1S/C24H21Cl2N3/c25-18-10-9-17(23(26)15-18)16-27-29-13-11-28(12-14-29)24-21-7-3-1-5-19(21)20-6-2-4-8-22(20)24/h1-10,15-16,24H,11-14H2/p+1/b27-16+. The van der Waals surface area contributed by atoms with Gasteiger partial charge in [0.15, 0.2) is 0 Å².